The lowest BCUT2D eigenvalue weighted by atomic mass is 9.99. The summed E-state index contributed by atoms with van der Waals surface area (Å²) in [6, 6.07) is 6.41. The van der Waals surface area contributed by atoms with Gasteiger partial charge in [0.1, 0.15) is 5.82 Å². The lowest BCUT2D eigenvalue weighted by Gasteiger charge is -2.27. The Morgan fingerprint density at radius 1 is 1.35 bits per heavy atom. The zero-order valence-corrected chi connectivity index (χ0v) is 10.2. The SMILES string of the molecule is CC1(NCC(O)c2ccccc2F)CCCC1. The van der Waals surface area contributed by atoms with Crippen molar-refractivity contribution < 1.29 is 9.50 Å². The van der Waals surface area contributed by atoms with E-state index in [0.29, 0.717) is 12.1 Å². The number of aliphatic hydroxyl groups is 1. The van der Waals surface area contributed by atoms with Crippen LogP contribution in [0.15, 0.2) is 24.3 Å². The van der Waals surface area contributed by atoms with E-state index in [1.54, 1.807) is 18.2 Å². The van der Waals surface area contributed by atoms with Gasteiger partial charge < -0.3 is 10.4 Å². The third kappa shape index (κ3) is 3.05. The molecule has 0 spiro atoms. The quantitative estimate of drug-likeness (QED) is 0.844. The predicted octanol–water partition coefficient (Wildman–Crippen LogP) is 2.78. The number of nitrogens with one attached hydrogen (secondary N) is 1. The fraction of sp³-hybridized carbons (Fsp3) is 0.571. The maximum Gasteiger partial charge on any atom is 0.129 e. The van der Waals surface area contributed by atoms with Gasteiger partial charge in [-0.05, 0) is 25.8 Å². The number of β-amino-alcohol motifs (C(OH)–C–C–N with tert-alkyl or cyclic N) is 1. The maximum atomic E-state index is 13.4. The van der Waals surface area contributed by atoms with Crippen LogP contribution in [0.25, 0.3) is 0 Å². The van der Waals surface area contributed by atoms with Crippen molar-refractivity contribution in [1.82, 2.24) is 5.32 Å². The van der Waals surface area contributed by atoms with Crippen LogP contribution in [0.2, 0.25) is 0 Å². The Hall–Kier alpha value is -0.930. The molecule has 1 atom stereocenters. The van der Waals surface area contributed by atoms with Crippen molar-refractivity contribution in [3.8, 4) is 0 Å². The summed E-state index contributed by atoms with van der Waals surface area (Å²) in [5.74, 6) is -0.335. The van der Waals surface area contributed by atoms with Crippen LogP contribution in [-0.2, 0) is 0 Å². The first-order chi connectivity index (χ1) is 8.11. The summed E-state index contributed by atoms with van der Waals surface area (Å²) in [5.41, 5.74) is 0.494. The summed E-state index contributed by atoms with van der Waals surface area (Å²) < 4.78 is 13.4. The molecule has 3 heteroatoms. The van der Waals surface area contributed by atoms with Gasteiger partial charge in [-0.2, -0.15) is 0 Å². The summed E-state index contributed by atoms with van der Waals surface area (Å²) >= 11 is 0. The second kappa shape index (κ2) is 5.15. The van der Waals surface area contributed by atoms with E-state index >= 15 is 0 Å². The van der Waals surface area contributed by atoms with E-state index in [4.69, 9.17) is 0 Å². The molecule has 1 aromatic rings. The maximum absolute atomic E-state index is 13.4. The Labute approximate surface area is 102 Å². The van der Waals surface area contributed by atoms with Crippen molar-refractivity contribution in [2.24, 2.45) is 0 Å². The lowest BCUT2D eigenvalue weighted by Crippen LogP contribution is -2.41. The number of aliphatic hydroxyl groups excluding tert-OH is 1. The molecule has 1 aliphatic rings. The monoisotopic (exact) mass is 237 g/mol. The number of hydrogen-bond acceptors (Lipinski definition) is 2. The number of halogens is 1. The van der Waals surface area contributed by atoms with Crippen molar-refractivity contribution in [3.63, 3.8) is 0 Å². The van der Waals surface area contributed by atoms with Gasteiger partial charge in [0.25, 0.3) is 0 Å². The first kappa shape index (κ1) is 12.5. The second-order valence-electron chi connectivity index (χ2n) is 5.19. The number of benzene rings is 1. The van der Waals surface area contributed by atoms with Gasteiger partial charge in [-0.1, -0.05) is 31.0 Å². The normalized spacial score (nSPS) is 20.4. The van der Waals surface area contributed by atoms with Crippen LogP contribution in [0.3, 0.4) is 0 Å². The summed E-state index contributed by atoms with van der Waals surface area (Å²) in [6.07, 6.45) is 3.97. The van der Waals surface area contributed by atoms with Gasteiger partial charge in [0.2, 0.25) is 0 Å². The molecule has 0 heterocycles. The standard InChI is InChI=1S/C14H20FNO/c1-14(8-4-5-9-14)16-10-13(17)11-6-2-3-7-12(11)15/h2-3,6-7,13,16-17H,4-5,8-10H2,1H3. The van der Waals surface area contributed by atoms with E-state index in [1.807, 2.05) is 0 Å². The fourth-order valence-electron chi connectivity index (χ4n) is 2.53. The Kier molecular flexibility index (Phi) is 3.79. The topological polar surface area (TPSA) is 32.3 Å². The highest BCUT2D eigenvalue weighted by atomic mass is 19.1. The van der Waals surface area contributed by atoms with Crippen molar-refractivity contribution in [3.05, 3.63) is 35.6 Å². The molecule has 1 unspecified atom stereocenters. The van der Waals surface area contributed by atoms with Crippen molar-refractivity contribution in [2.75, 3.05) is 6.54 Å². The molecule has 1 saturated carbocycles. The van der Waals surface area contributed by atoms with Gasteiger partial charge in [0.15, 0.2) is 0 Å². The minimum Gasteiger partial charge on any atom is -0.387 e. The van der Waals surface area contributed by atoms with E-state index in [1.165, 1.54) is 18.9 Å². The van der Waals surface area contributed by atoms with E-state index in [-0.39, 0.29) is 11.4 Å². The van der Waals surface area contributed by atoms with Gasteiger partial charge in [-0.3, -0.25) is 0 Å². The average Bonchev–Trinajstić information content (AvgIpc) is 2.74. The molecule has 1 aromatic carbocycles. The van der Waals surface area contributed by atoms with Crippen LogP contribution in [0.4, 0.5) is 4.39 Å². The van der Waals surface area contributed by atoms with E-state index < -0.39 is 6.10 Å². The average molecular weight is 237 g/mol. The first-order valence-electron chi connectivity index (χ1n) is 6.28. The zero-order chi connectivity index (χ0) is 12.3. The molecule has 1 fully saturated rings. The Balaban J connectivity index is 1.93. The lowest BCUT2D eigenvalue weighted by molar-refractivity contribution is 0.155. The Bertz CT molecular complexity index is 374. The molecule has 0 aliphatic heterocycles. The molecule has 0 amide bonds. The Morgan fingerprint density at radius 3 is 2.65 bits per heavy atom. The fourth-order valence-corrected chi connectivity index (χ4v) is 2.53. The molecule has 17 heavy (non-hydrogen) atoms. The minimum absolute atomic E-state index is 0.117. The predicted molar refractivity (Wildman–Crippen MR) is 66.2 cm³/mol. The van der Waals surface area contributed by atoms with Gasteiger partial charge in [0, 0.05) is 17.6 Å². The first-order valence-corrected chi connectivity index (χ1v) is 6.28. The molecular weight excluding hydrogens is 217 g/mol. The summed E-state index contributed by atoms with van der Waals surface area (Å²) in [6.45, 7) is 2.59. The van der Waals surface area contributed by atoms with Crippen LogP contribution < -0.4 is 5.32 Å². The van der Waals surface area contributed by atoms with Gasteiger partial charge >= 0.3 is 0 Å². The van der Waals surface area contributed by atoms with Crippen LogP contribution >= 0.6 is 0 Å². The third-order valence-corrected chi connectivity index (χ3v) is 3.69. The molecule has 2 nitrogen and oxygen atoms in total. The molecule has 0 saturated heterocycles. The van der Waals surface area contributed by atoms with Crippen LogP contribution in [0.5, 0.6) is 0 Å². The van der Waals surface area contributed by atoms with E-state index in [2.05, 4.69) is 12.2 Å². The molecule has 2 N–H and O–H groups in total. The second-order valence-corrected chi connectivity index (χ2v) is 5.19. The number of hydrogen-bond donors (Lipinski definition) is 2. The molecule has 0 radical (unpaired) electrons. The third-order valence-electron chi connectivity index (χ3n) is 3.69. The highest BCUT2D eigenvalue weighted by Gasteiger charge is 2.28. The van der Waals surface area contributed by atoms with E-state index in [0.717, 1.165) is 12.8 Å². The molecule has 2 rings (SSSR count). The minimum atomic E-state index is -0.770. The summed E-state index contributed by atoms with van der Waals surface area (Å²) in [4.78, 5) is 0. The summed E-state index contributed by atoms with van der Waals surface area (Å²) in [7, 11) is 0. The van der Waals surface area contributed by atoms with Crippen molar-refractivity contribution >= 4 is 0 Å². The Morgan fingerprint density at radius 2 is 2.00 bits per heavy atom. The molecular formula is C14H20FNO. The molecule has 1 aliphatic carbocycles. The highest BCUT2D eigenvalue weighted by molar-refractivity contribution is 5.20. The number of rotatable bonds is 4. The van der Waals surface area contributed by atoms with E-state index in [9.17, 15) is 9.50 Å². The largest absolute Gasteiger partial charge is 0.387 e. The van der Waals surface area contributed by atoms with Crippen LogP contribution in [0, 0.1) is 5.82 Å². The van der Waals surface area contributed by atoms with Crippen molar-refractivity contribution in [1.29, 1.82) is 0 Å². The highest BCUT2D eigenvalue weighted by Crippen LogP contribution is 2.29. The van der Waals surface area contributed by atoms with Gasteiger partial charge in [-0.15, -0.1) is 0 Å². The van der Waals surface area contributed by atoms with Gasteiger partial charge in [-0.25, -0.2) is 4.39 Å². The smallest absolute Gasteiger partial charge is 0.129 e. The van der Waals surface area contributed by atoms with Crippen LogP contribution in [-0.4, -0.2) is 17.2 Å². The van der Waals surface area contributed by atoms with Crippen LogP contribution in [0.1, 0.15) is 44.3 Å². The summed E-state index contributed by atoms with van der Waals surface area (Å²) in [5, 5.41) is 13.3. The molecule has 0 aromatic heterocycles. The molecule has 0 bridgehead atoms. The zero-order valence-electron chi connectivity index (χ0n) is 10.2. The van der Waals surface area contributed by atoms with Gasteiger partial charge in [0.05, 0.1) is 6.10 Å². The van der Waals surface area contributed by atoms with Crippen molar-refractivity contribution in [2.45, 2.75) is 44.2 Å². The molecule has 94 valence electrons.